The van der Waals surface area contributed by atoms with E-state index in [1.165, 1.54) is 18.6 Å². The number of terminal acetylenes is 1. The zero-order valence-corrected chi connectivity index (χ0v) is 22.9. The van der Waals surface area contributed by atoms with Gasteiger partial charge in [0, 0.05) is 24.5 Å². The molecule has 1 aliphatic heterocycles. The molecule has 1 fully saturated rings. The van der Waals surface area contributed by atoms with Crippen LogP contribution in [0.5, 0.6) is 0 Å². The fourth-order valence-electron chi connectivity index (χ4n) is 3.83. The Morgan fingerprint density at radius 2 is 1.74 bits per heavy atom. The number of carbonyl (C=O) groups excluding carboxylic acids is 1. The summed E-state index contributed by atoms with van der Waals surface area (Å²) in [5, 5.41) is 15.4. The third-order valence-electron chi connectivity index (χ3n) is 5.78. The van der Waals surface area contributed by atoms with Crippen molar-refractivity contribution >= 4 is 28.7 Å². The highest BCUT2D eigenvalue weighted by Gasteiger charge is 2.22. The van der Waals surface area contributed by atoms with Crippen molar-refractivity contribution in [3.05, 3.63) is 90.1 Å². The number of likely N-dealkylation sites (N-methyl/N-ethyl adjacent to an activating group) is 1. The molecular formula is C30H36FN7O. The summed E-state index contributed by atoms with van der Waals surface area (Å²) in [5.41, 5.74) is 3.36. The van der Waals surface area contributed by atoms with Gasteiger partial charge < -0.3 is 10.2 Å². The molecule has 0 saturated carbocycles. The second-order valence-electron chi connectivity index (χ2n) is 8.15. The topological polar surface area (TPSA) is 91.2 Å². The van der Waals surface area contributed by atoms with Gasteiger partial charge in [0.1, 0.15) is 17.3 Å². The van der Waals surface area contributed by atoms with Gasteiger partial charge in [0.2, 0.25) is 0 Å². The monoisotopic (exact) mass is 529 g/mol. The number of fused-ring (bicyclic) bond motifs is 2. The number of H-pyrrole nitrogens is 1. The first-order valence-electron chi connectivity index (χ1n) is 12.7. The maximum Gasteiger partial charge on any atom is 0.168 e. The molecule has 0 aliphatic carbocycles. The van der Waals surface area contributed by atoms with Crippen molar-refractivity contribution in [2.45, 2.75) is 33.2 Å². The molecule has 0 unspecified atom stereocenters. The lowest BCUT2D eigenvalue weighted by Crippen LogP contribution is -2.30. The fourth-order valence-corrected chi connectivity index (χ4v) is 3.83. The number of hydrogen-bond donors (Lipinski definition) is 2. The SMILES string of the molecule is C#C.CC.CN[C@H]1CCN(c2ccc3ncc(C)n3n2)C1.Fc1ccccc1.O=Cc1[nH]nc2ccccc12. The van der Waals surface area contributed by atoms with Crippen molar-refractivity contribution in [3.8, 4) is 12.8 Å². The molecule has 5 aromatic rings. The fraction of sp³-hybridized carbons (Fsp3) is 0.267. The van der Waals surface area contributed by atoms with Crippen LogP contribution in [0.1, 0.15) is 36.5 Å². The van der Waals surface area contributed by atoms with E-state index in [9.17, 15) is 9.18 Å². The van der Waals surface area contributed by atoms with Crippen molar-refractivity contribution in [1.29, 1.82) is 0 Å². The molecule has 39 heavy (non-hydrogen) atoms. The van der Waals surface area contributed by atoms with Crippen LogP contribution in [0.4, 0.5) is 10.2 Å². The predicted molar refractivity (Wildman–Crippen MR) is 157 cm³/mol. The summed E-state index contributed by atoms with van der Waals surface area (Å²) in [4.78, 5) is 17.0. The maximum absolute atomic E-state index is 11.9. The number of carbonyl (C=O) groups is 1. The van der Waals surface area contributed by atoms with Crippen LogP contribution in [0.15, 0.2) is 72.9 Å². The van der Waals surface area contributed by atoms with E-state index in [2.05, 4.69) is 49.4 Å². The van der Waals surface area contributed by atoms with Crippen LogP contribution in [-0.2, 0) is 0 Å². The second kappa shape index (κ2) is 16.3. The normalized spacial score (nSPS) is 13.5. The highest BCUT2D eigenvalue weighted by molar-refractivity contribution is 5.94. The van der Waals surface area contributed by atoms with Crippen LogP contribution in [0.25, 0.3) is 16.6 Å². The molecule has 0 spiro atoms. The maximum atomic E-state index is 11.9. The largest absolute Gasteiger partial charge is 0.354 e. The minimum Gasteiger partial charge on any atom is -0.354 e. The molecule has 0 amide bonds. The standard InChI is InChI=1S/C12H17N5.C8H6N2O.C6H5F.C2H6.C2H2/c1-9-7-14-11-3-4-12(15-17(9)11)16-6-5-10(8-16)13-2;11-5-8-6-3-1-2-4-7(6)9-10-8;7-6-4-2-1-3-5-6;2*1-2/h3-4,7,10,13H,5-6,8H2,1-2H3;1-5H,(H,9,10);1-5H;1-2H3;1-2H/t10-;;;;/m0..../s1. The number of para-hydroxylation sites is 1. The van der Waals surface area contributed by atoms with Gasteiger partial charge in [-0.3, -0.25) is 9.89 Å². The Kier molecular flexibility index (Phi) is 12.8. The van der Waals surface area contributed by atoms with Gasteiger partial charge in [-0.05, 0) is 50.7 Å². The van der Waals surface area contributed by atoms with Crippen molar-refractivity contribution in [1.82, 2.24) is 30.1 Å². The van der Waals surface area contributed by atoms with Crippen molar-refractivity contribution in [2.75, 3.05) is 25.0 Å². The highest BCUT2D eigenvalue weighted by Crippen LogP contribution is 2.18. The van der Waals surface area contributed by atoms with E-state index in [1.54, 1.807) is 18.2 Å². The van der Waals surface area contributed by atoms with E-state index in [0.29, 0.717) is 11.7 Å². The van der Waals surface area contributed by atoms with Crippen LogP contribution in [0.3, 0.4) is 0 Å². The molecule has 1 atom stereocenters. The number of anilines is 1. The van der Waals surface area contributed by atoms with E-state index in [0.717, 1.165) is 47.4 Å². The summed E-state index contributed by atoms with van der Waals surface area (Å²) >= 11 is 0. The van der Waals surface area contributed by atoms with Gasteiger partial charge in [-0.1, -0.05) is 50.2 Å². The third-order valence-corrected chi connectivity index (χ3v) is 5.78. The number of benzene rings is 2. The van der Waals surface area contributed by atoms with Crippen molar-refractivity contribution < 1.29 is 9.18 Å². The first-order chi connectivity index (χ1) is 19.1. The van der Waals surface area contributed by atoms with Gasteiger partial charge in [0.05, 0.1) is 17.4 Å². The summed E-state index contributed by atoms with van der Waals surface area (Å²) in [7, 11) is 2.02. The minimum absolute atomic E-state index is 0.178. The number of nitrogens with zero attached hydrogens (tertiary/aromatic N) is 5. The number of aldehydes is 1. The van der Waals surface area contributed by atoms with E-state index < -0.39 is 0 Å². The van der Waals surface area contributed by atoms with E-state index in [4.69, 9.17) is 0 Å². The van der Waals surface area contributed by atoms with Gasteiger partial charge in [0.15, 0.2) is 11.9 Å². The molecule has 6 rings (SSSR count). The van der Waals surface area contributed by atoms with Crippen LogP contribution >= 0.6 is 0 Å². The zero-order valence-electron chi connectivity index (χ0n) is 22.9. The van der Waals surface area contributed by atoms with Gasteiger partial charge in [0.25, 0.3) is 0 Å². The number of imidazole rings is 1. The second-order valence-corrected chi connectivity index (χ2v) is 8.15. The minimum atomic E-state index is -0.178. The average molecular weight is 530 g/mol. The zero-order chi connectivity index (χ0) is 28.6. The molecule has 2 N–H and O–H groups in total. The van der Waals surface area contributed by atoms with E-state index in [-0.39, 0.29) is 5.82 Å². The van der Waals surface area contributed by atoms with Crippen molar-refractivity contribution in [2.24, 2.45) is 0 Å². The number of aromatic nitrogens is 5. The Balaban J connectivity index is 0.000000209. The number of aromatic amines is 1. The van der Waals surface area contributed by atoms with E-state index in [1.807, 2.05) is 68.9 Å². The first kappa shape index (κ1) is 30.7. The first-order valence-corrected chi connectivity index (χ1v) is 12.7. The number of nitrogens with one attached hydrogen (secondary N) is 2. The summed E-state index contributed by atoms with van der Waals surface area (Å²) in [6, 6.07) is 20.1. The Labute approximate surface area is 229 Å². The highest BCUT2D eigenvalue weighted by atomic mass is 19.1. The van der Waals surface area contributed by atoms with Crippen LogP contribution < -0.4 is 10.2 Å². The Morgan fingerprint density at radius 3 is 2.36 bits per heavy atom. The Bertz CT molecular complexity index is 1430. The molecule has 2 aromatic carbocycles. The van der Waals surface area contributed by atoms with Crippen LogP contribution in [-0.4, -0.2) is 57.3 Å². The lowest BCUT2D eigenvalue weighted by molar-refractivity contribution is 0.112. The van der Waals surface area contributed by atoms with Crippen molar-refractivity contribution in [3.63, 3.8) is 0 Å². The summed E-state index contributed by atoms with van der Waals surface area (Å²) in [6.45, 7) is 8.12. The molecule has 0 radical (unpaired) electrons. The number of halogens is 1. The molecule has 204 valence electrons. The molecule has 9 heteroatoms. The van der Waals surface area contributed by atoms with Crippen LogP contribution in [0.2, 0.25) is 0 Å². The molecule has 1 saturated heterocycles. The number of rotatable bonds is 3. The van der Waals surface area contributed by atoms with Gasteiger partial charge in [-0.25, -0.2) is 13.9 Å². The Morgan fingerprint density at radius 1 is 1.05 bits per heavy atom. The predicted octanol–water partition coefficient (Wildman–Crippen LogP) is 5.31. The summed E-state index contributed by atoms with van der Waals surface area (Å²) < 4.78 is 13.8. The lowest BCUT2D eigenvalue weighted by Gasteiger charge is -2.17. The Hall–Kier alpha value is -4.55. The molecule has 3 aromatic heterocycles. The number of hydrogen-bond acceptors (Lipinski definition) is 6. The lowest BCUT2D eigenvalue weighted by atomic mass is 10.2. The summed E-state index contributed by atoms with van der Waals surface area (Å²) in [5.74, 6) is 0.860. The third kappa shape index (κ3) is 8.48. The van der Waals surface area contributed by atoms with Crippen LogP contribution in [0, 0.1) is 25.6 Å². The molecule has 1 aliphatic rings. The number of aryl methyl sites for hydroxylation is 1. The van der Waals surface area contributed by atoms with E-state index >= 15 is 0 Å². The molecular weight excluding hydrogens is 493 g/mol. The quantitative estimate of drug-likeness (QED) is 0.243. The molecule has 0 bridgehead atoms. The average Bonchev–Trinajstić information content (AvgIpc) is 3.75. The summed E-state index contributed by atoms with van der Waals surface area (Å²) in [6.07, 6.45) is 11.8. The molecule has 8 nitrogen and oxygen atoms in total. The van der Waals surface area contributed by atoms with Gasteiger partial charge >= 0.3 is 0 Å². The van der Waals surface area contributed by atoms with Gasteiger partial charge in [-0.15, -0.1) is 17.9 Å². The smallest absolute Gasteiger partial charge is 0.168 e. The molecule has 4 heterocycles. The van der Waals surface area contributed by atoms with Gasteiger partial charge in [-0.2, -0.15) is 5.10 Å².